The third-order valence-corrected chi connectivity index (χ3v) is 6.94. The molecule has 0 bridgehead atoms. The molecule has 0 atom stereocenters. The van der Waals surface area contributed by atoms with Gasteiger partial charge in [0, 0.05) is 21.9 Å². The predicted octanol–water partition coefficient (Wildman–Crippen LogP) is 9.84. The van der Waals surface area contributed by atoms with Crippen LogP contribution in [0.15, 0.2) is 119 Å². The highest BCUT2D eigenvalue weighted by molar-refractivity contribution is 6.25. The summed E-state index contributed by atoms with van der Waals surface area (Å²) in [5.41, 5.74) is 10.3. The summed E-state index contributed by atoms with van der Waals surface area (Å²) in [6.45, 7) is 5.95. The Hall–Kier alpha value is -4.56. The van der Waals surface area contributed by atoms with Gasteiger partial charge in [-0.25, -0.2) is 0 Å². The summed E-state index contributed by atoms with van der Waals surface area (Å²) >= 11 is 0. The molecule has 7 rings (SSSR count). The van der Waals surface area contributed by atoms with Gasteiger partial charge in [0.25, 0.3) is 0 Å². The van der Waals surface area contributed by atoms with Crippen molar-refractivity contribution in [2.24, 2.45) is 0 Å². The van der Waals surface area contributed by atoms with Crippen LogP contribution in [-0.4, -0.2) is 0 Å². The molecule has 2 aliphatic heterocycles. The third kappa shape index (κ3) is 2.77. The van der Waals surface area contributed by atoms with Gasteiger partial charge in [0.2, 0.25) is 0 Å². The van der Waals surface area contributed by atoms with Gasteiger partial charge in [-0.2, -0.15) is 0 Å². The molecule has 5 aromatic carbocycles. The van der Waals surface area contributed by atoms with Crippen LogP contribution in [0.3, 0.4) is 0 Å². The Labute approximate surface area is 202 Å². The summed E-state index contributed by atoms with van der Waals surface area (Å²) in [5.74, 6) is 0. The predicted molar refractivity (Wildman–Crippen MR) is 147 cm³/mol. The average Bonchev–Trinajstić information content (AvgIpc) is 2.90. The molecule has 0 radical (unpaired) electrons. The van der Waals surface area contributed by atoms with Crippen molar-refractivity contribution < 1.29 is 8.83 Å². The van der Waals surface area contributed by atoms with Crippen LogP contribution < -0.4 is 0 Å². The molecule has 0 unspecified atom stereocenters. The highest BCUT2D eigenvalue weighted by Crippen LogP contribution is 2.50. The number of allylic oxidation sites excluding steroid dienone is 5. The zero-order valence-electron chi connectivity index (χ0n) is 19.3. The maximum Gasteiger partial charge on any atom is 0.136 e. The number of rotatable bonds is 4. The van der Waals surface area contributed by atoms with Crippen molar-refractivity contribution in [1.82, 2.24) is 0 Å². The van der Waals surface area contributed by atoms with Crippen molar-refractivity contribution in [2.45, 2.75) is 6.92 Å². The van der Waals surface area contributed by atoms with E-state index in [-0.39, 0.29) is 0 Å². The van der Waals surface area contributed by atoms with Gasteiger partial charge in [0.1, 0.15) is 22.3 Å². The van der Waals surface area contributed by atoms with Crippen LogP contribution in [0, 0.1) is 0 Å². The highest BCUT2D eigenvalue weighted by Gasteiger charge is 2.26. The van der Waals surface area contributed by atoms with E-state index in [2.05, 4.69) is 91.5 Å². The largest absolute Gasteiger partial charge is 0.456 e. The van der Waals surface area contributed by atoms with Gasteiger partial charge in [-0.1, -0.05) is 73.3 Å². The fraction of sp³-hybridized carbons (Fsp3) is 0.0303. The molecule has 5 aromatic rings. The number of hydrogen-bond acceptors (Lipinski definition) is 2. The normalized spacial score (nSPS) is 12.9. The Morgan fingerprint density at radius 2 is 1.31 bits per heavy atom. The molecule has 2 aliphatic rings. The maximum atomic E-state index is 6.53. The monoisotopic (exact) mass is 450 g/mol. The van der Waals surface area contributed by atoms with E-state index in [1.165, 1.54) is 16.5 Å². The van der Waals surface area contributed by atoms with E-state index in [9.17, 15) is 0 Å². The first-order valence-electron chi connectivity index (χ1n) is 11.8. The van der Waals surface area contributed by atoms with Crippen LogP contribution in [0.25, 0.3) is 71.7 Å². The first kappa shape index (κ1) is 19.9. The smallest absolute Gasteiger partial charge is 0.136 e. The van der Waals surface area contributed by atoms with E-state index in [1.807, 2.05) is 25.1 Å². The molecule has 0 saturated carbocycles. The number of benzene rings is 5. The first-order valence-corrected chi connectivity index (χ1v) is 11.8. The van der Waals surface area contributed by atoms with Gasteiger partial charge >= 0.3 is 0 Å². The molecular weight excluding hydrogens is 428 g/mol. The van der Waals surface area contributed by atoms with E-state index in [0.717, 1.165) is 60.8 Å². The van der Waals surface area contributed by atoms with Gasteiger partial charge in [0.15, 0.2) is 0 Å². The molecule has 0 amide bonds. The van der Waals surface area contributed by atoms with Crippen molar-refractivity contribution in [1.29, 1.82) is 0 Å². The minimum absolute atomic E-state index is 0.858. The second-order valence-corrected chi connectivity index (χ2v) is 8.87. The minimum atomic E-state index is 0.858. The zero-order chi connectivity index (χ0) is 23.5. The first-order chi connectivity index (χ1) is 17.3. The van der Waals surface area contributed by atoms with Crippen LogP contribution in [0.1, 0.15) is 12.5 Å². The second kappa shape index (κ2) is 7.48. The molecule has 166 valence electrons. The lowest BCUT2D eigenvalue weighted by Crippen LogP contribution is -1.96. The van der Waals surface area contributed by atoms with Gasteiger partial charge in [-0.05, 0) is 76.4 Å². The van der Waals surface area contributed by atoms with E-state index in [0.29, 0.717) is 0 Å². The molecule has 0 aliphatic carbocycles. The lowest BCUT2D eigenvalue weighted by molar-refractivity contribution is 0.646. The van der Waals surface area contributed by atoms with Gasteiger partial charge in [0.05, 0.1) is 0 Å². The fourth-order valence-electron chi connectivity index (χ4n) is 5.53. The summed E-state index contributed by atoms with van der Waals surface area (Å²) in [7, 11) is 0. The molecule has 0 N–H and O–H groups in total. The van der Waals surface area contributed by atoms with Gasteiger partial charge in [-0.3, -0.25) is 0 Å². The van der Waals surface area contributed by atoms with Crippen LogP contribution in [-0.2, 0) is 0 Å². The topological polar surface area (TPSA) is 26.3 Å². The Morgan fingerprint density at radius 3 is 2.00 bits per heavy atom. The van der Waals surface area contributed by atoms with Crippen LogP contribution >= 0.6 is 0 Å². The lowest BCUT2D eigenvalue weighted by Gasteiger charge is -2.21. The summed E-state index contributed by atoms with van der Waals surface area (Å²) in [6.07, 6.45) is 8.05. The Bertz CT molecular complexity index is 1910. The standard InChI is InChI=1S/C33H22O2/c1-3-8-20(9-4-2)22-12-16-26-30-24(22)14-18-28-32(30)33-29(34-26)19-15-25-23(21-10-6-5-7-11-21)13-17-27(35-28)31(25)33/h3-19H,1H2,2H3/b9-4-,20-8+. The van der Waals surface area contributed by atoms with E-state index in [4.69, 9.17) is 8.83 Å². The van der Waals surface area contributed by atoms with Crippen LogP contribution in [0.4, 0.5) is 0 Å². The maximum absolute atomic E-state index is 6.53. The van der Waals surface area contributed by atoms with E-state index in [1.54, 1.807) is 0 Å². The molecule has 0 aromatic heterocycles. The third-order valence-electron chi connectivity index (χ3n) is 6.94. The van der Waals surface area contributed by atoms with E-state index < -0.39 is 0 Å². The summed E-state index contributed by atoms with van der Waals surface area (Å²) in [4.78, 5) is 0. The van der Waals surface area contributed by atoms with Crippen LogP contribution in [0.2, 0.25) is 0 Å². The fourth-order valence-corrected chi connectivity index (χ4v) is 5.53. The molecular formula is C33H22O2. The van der Waals surface area contributed by atoms with Crippen molar-refractivity contribution in [3.8, 4) is 22.3 Å². The highest BCUT2D eigenvalue weighted by atomic mass is 16.3. The SMILES string of the molecule is C=C/C=C(\C=C/C)c1ccc2oc3ccc4c(-c5ccccc5)ccc5oc6ccc1c2c6-c3c54. The average molecular weight is 451 g/mol. The summed E-state index contributed by atoms with van der Waals surface area (Å²) in [6, 6.07) is 27.4. The van der Waals surface area contributed by atoms with Gasteiger partial charge < -0.3 is 8.83 Å². The molecule has 35 heavy (non-hydrogen) atoms. The lowest BCUT2D eigenvalue weighted by atomic mass is 9.86. The van der Waals surface area contributed by atoms with Crippen molar-refractivity contribution >= 4 is 49.5 Å². The van der Waals surface area contributed by atoms with Crippen molar-refractivity contribution in [3.63, 3.8) is 0 Å². The number of hydrogen-bond donors (Lipinski definition) is 0. The molecule has 2 nitrogen and oxygen atoms in total. The summed E-state index contributed by atoms with van der Waals surface area (Å²) in [5, 5.41) is 4.51. The Morgan fingerprint density at radius 1 is 0.686 bits per heavy atom. The van der Waals surface area contributed by atoms with Crippen LogP contribution in [0.5, 0.6) is 0 Å². The Kier molecular flexibility index (Phi) is 4.24. The van der Waals surface area contributed by atoms with Gasteiger partial charge in [-0.15, -0.1) is 0 Å². The Balaban J connectivity index is 1.64. The molecule has 0 fully saturated rings. The quantitative estimate of drug-likeness (QED) is 0.151. The molecule has 0 spiro atoms. The van der Waals surface area contributed by atoms with Crippen molar-refractivity contribution in [2.75, 3.05) is 0 Å². The minimum Gasteiger partial charge on any atom is -0.456 e. The molecule has 2 heteroatoms. The second-order valence-electron chi connectivity index (χ2n) is 8.87. The molecule has 0 saturated heterocycles. The van der Waals surface area contributed by atoms with E-state index >= 15 is 0 Å². The molecule has 2 heterocycles. The summed E-state index contributed by atoms with van der Waals surface area (Å²) < 4.78 is 13.1. The zero-order valence-corrected chi connectivity index (χ0v) is 19.3. The van der Waals surface area contributed by atoms with Crippen molar-refractivity contribution in [3.05, 3.63) is 115 Å².